The molecule has 0 radical (unpaired) electrons. The molecule has 1 aromatic carbocycles. The Kier molecular flexibility index (Phi) is 6.65. The van der Waals surface area contributed by atoms with Crippen LogP contribution in [-0.4, -0.2) is 60.3 Å². The summed E-state index contributed by atoms with van der Waals surface area (Å²) in [4.78, 5) is 34.4. The van der Waals surface area contributed by atoms with E-state index >= 15 is 0 Å². The summed E-state index contributed by atoms with van der Waals surface area (Å²) in [5.74, 6) is 0.607. The van der Waals surface area contributed by atoms with Crippen molar-refractivity contribution in [3.05, 3.63) is 42.4 Å². The van der Waals surface area contributed by atoms with Crippen molar-refractivity contribution in [2.75, 3.05) is 27.4 Å². The van der Waals surface area contributed by atoms with Crippen molar-refractivity contribution >= 4 is 12.0 Å². The van der Waals surface area contributed by atoms with Gasteiger partial charge in [0.2, 0.25) is 5.91 Å². The van der Waals surface area contributed by atoms with Gasteiger partial charge in [-0.1, -0.05) is 30.3 Å². The second-order valence-electron chi connectivity index (χ2n) is 6.71. The molecule has 2 aromatic rings. The highest BCUT2D eigenvalue weighted by molar-refractivity contribution is 5.86. The lowest BCUT2D eigenvalue weighted by Gasteiger charge is -2.28. The maximum absolute atomic E-state index is 13.1. The number of methoxy groups -OCH3 is 2. The highest BCUT2D eigenvalue weighted by atomic mass is 16.5. The molecule has 8 heteroatoms. The van der Waals surface area contributed by atoms with Crippen molar-refractivity contribution in [2.24, 2.45) is 0 Å². The van der Waals surface area contributed by atoms with Crippen LogP contribution >= 0.6 is 0 Å². The van der Waals surface area contributed by atoms with E-state index in [-0.39, 0.29) is 11.9 Å². The van der Waals surface area contributed by atoms with E-state index in [1.807, 2.05) is 30.3 Å². The molecule has 0 aliphatic carbocycles. The minimum Gasteiger partial charge on any atom is -0.453 e. The van der Waals surface area contributed by atoms with Crippen molar-refractivity contribution in [3.63, 3.8) is 0 Å². The van der Waals surface area contributed by atoms with Crippen LogP contribution in [0.25, 0.3) is 11.3 Å². The molecule has 0 spiro atoms. The smallest absolute Gasteiger partial charge is 0.407 e. The molecule has 2 N–H and O–H groups in total. The number of amides is 2. The molecule has 0 unspecified atom stereocenters. The Morgan fingerprint density at radius 2 is 2.11 bits per heavy atom. The van der Waals surface area contributed by atoms with Crippen molar-refractivity contribution in [3.8, 4) is 11.3 Å². The molecule has 2 atom stereocenters. The fourth-order valence-corrected chi connectivity index (χ4v) is 3.48. The number of carbonyl (C=O) groups excluding carboxylic acids is 2. The predicted octanol–water partition coefficient (Wildman–Crippen LogP) is 2.50. The van der Waals surface area contributed by atoms with Gasteiger partial charge >= 0.3 is 6.09 Å². The van der Waals surface area contributed by atoms with Crippen LogP contribution in [0.4, 0.5) is 4.79 Å². The Bertz CT molecular complexity index is 793. The van der Waals surface area contributed by atoms with Crippen LogP contribution in [0.5, 0.6) is 0 Å². The van der Waals surface area contributed by atoms with Gasteiger partial charge in [-0.15, -0.1) is 0 Å². The van der Waals surface area contributed by atoms with Gasteiger partial charge in [0.25, 0.3) is 0 Å². The number of ether oxygens (including phenoxy) is 2. The molecule has 1 fully saturated rings. The summed E-state index contributed by atoms with van der Waals surface area (Å²) in [6.07, 6.45) is 3.24. The monoisotopic (exact) mass is 386 g/mol. The number of benzene rings is 1. The summed E-state index contributed by atoms with van der Waals surface area (Å²) in [5.41, 5.74) is 1.96. The van der Waals surface area contributed by atoms with Gasteiger partial charge < -0.3 is 24.7 Å². The topological polar surface area (TPSA) is 96.5 Å². The SMILES string of the molecule is COCC[C@H](NC(=O)OC)C(=O)N1CCC[C@H]1c1ncc(-c2ccccc2)[nH]1. The van der Waals surface area contributed by atoms with Gasteiger partial charge in [-0.25, -0.2) is 9.78 Å². The van der Waals surface area contributed by atoms with Gasteiger partial charge in [-0.2, -0.15) is 0 Å². The molecule has 3 rings (SSSR count). The number of nitrogens with one attached hydrogen (secondary N) is 2. The predicted molar refractivity (Wildman–Crippen MR) is 104 cm³/mol. The largest absolute Gasteiger partial charge is 0.453 e. The van der Waals surface area contributed by atoms with Crippen molar-refractivity contribution < 1.29 is 19.1 Å². The Morgan fingerprint density at radius 3 is 2.82 bits per heavy atom. The number of hydrogen-bond donors (Lipinski definition) is 2. The first kappa shape index (κ1) is 19.9. The summed E-state index contributed by atoms with van der Waals surface area (Å²) in [5, 5.41) is 2.62. The number of carbonyl (C=O) groups is 2. The van der Waals surface area contributed by atoms with Crippen molar-refractivity contribution in [1.82, 2.24) is 20.2 Å². The summed E-state index contributed by atoms with van der Waals surface area (Å²) in [7, 11) is 2.84. The maximum atomic E-state index is 13.1. The lowest BCUT2D eigenvalue weighted by molar-refractivity contribution is -0.134. The van der Waals surface area contributed by atoms with Crippen LogP contribution in [0.15, 0.2) is 36.5 Å². The Hall–Kier alpha value is -2.87. The molecule has 1 aromatic heterocycles. The first-order valence-corrected chi connectivity index (χ1v) is 9.38. The molecule has 1 aliphatic rings. The van der Waals surface area contributed by atoms with Crippen LogP contribution in [0.3, 0.4) is 0 Å². The Morgan fingerprint density at radius 1 is 1.32 bits per heavy atom. The number of H-pyrrole nitrogens is 1. The van der Waals surface area contributed by atoms with E-state index in [9.17, 15) is 9.59 Å². The van der Waals surface area contributed by atoms with Crippen LogP contribution in [0, 0.1) is 0 Å². The van der Waals surface area contributed by atoms with Crippen LogP contribution in [0.2, 0.25) is 0 Å². The second-order valence-corrected chi connectivity index (χ2v) is 6.71. The number of alkyl carbamates (subject to hydrolysis) is 1. The number of rotatable bonds is 7. The third-order valence-electron chi connectivity index (χ3n) is 4.92. The number of hydrogen-bond acceptors (Lipinski definition) is 5. The van der Waals surface area contributed by atoms with Gasteiger partial charge in [0.05, 0.1) is 25.0 Å². The highest BCUT2D eigenvalue weighted by Gasteiger charge is 2.36. The average molecular weight is 386 g/mol. The lowest BCUT2D eigenvalue weighted by Crippen LogP contribution is -2.49. The number of aromatic nitrogens is 2. The van der Waals surface area contributed by atoms with Crippen LogP contribution < -0.4 is 5.32 Å². The summed E-state index contributed by atoms with van der Waals surface area (Å²) in [6, 6.07) is 9.09. The zero-order valence-electron chi connectivity index (χ0n) is 16.2. The van der Waals surface area contributed by atoms with Gasteiger partial charge in [0.1, 0.15) is 11.9 Å². The first-order valence-electron chi connectivity index (χ1n) is 9.38. The third-order valence-corrected chi connectivity index (χ3v) is 4.92. The fraction of sp³-hybridized carbons (Fsp3) is 0.450. The molecule has 0 saturated carbocycles. The van der Waals surface area contributed by atoms with E-state index in [0.717, 1.165) is 29.9 Å². The van der Waals surface area contributed by atoms with E-state index in [2.05, 4.69) is 20.0 Å². The second kappa shape index (κ2) is 9.36. The van der Waals surface area contributed by atoms with E-state index in [0.29, 0.717) is 19.6 Å². The Balaban J connectivity index is 1.76. The molecule has 0 bridgehead atoms. The molecule has 150 valence electrons. The molecular formula is C20H26N4O4. The molecular weight excluding hydrogens is 360 g/mol. The first-order chi connectivity index (χ1) is 13.6. The van der Waals surface area contributed by atoms with E-state index in [1.54, 1.807) is 18.2 Å². The van der Waals surface area contributed by atoms with Gasteiger partial charge in [0.15, 0.2) is 0 Å². The van der Waals surface area contributed by atoms with E-state index < -0.39 is 12.1 Å². The molecule has 28 heavy (non-hydrogen) atoms. The third kappa shape index (κ3) is 4.51. The summed E-state index contributed by atoms with van der Waals surface area (Å²) in [6.45, 7) is 0.981. The van der Waals surface area contributed by atoms with Crippen molar-refractivity contribution in [2.45, 2.75) is 31.3 Å². The van der Waals surface area contributed by atoms with Gasteiger partial charge in [-0.05, 0) is 18.4 Å². The Labute approximate surface area is 164 Å². The average Bonchev–Trinajstić information content (AvgIpc) is 3.40. The van der Waals surface area contributed by atoms with Crippen LogP contribution in [-0.2, 0) is 14.3 Å². The number of nitrogens with zero attached hydrogens (tertiary/aromatic N) is 2. The zero-order chi connectivity index (χ0) is 19.9. The van der Waals surface area contributed by atoms with Crippen LogP contribution in [0.1, 0.15) is 31.1 Å². The molecule has 8 nitrogen and oxygen atoms in total. The summed E-state index contributed by atoms with van der Waals surface area (Å²) >= 11 is 0. The normalized spacial score (nSPS) is 17.4. The molecule has 2 amide bonds. The highest BCUT2D eigenvalue weighted by Crippen LogP contribution is 2.32. The van der Waals surface area contributed by atoms with E-state index in [1.165, 1.54) is 7.11 Å². The molecule has 1 aliphatic heterocycles. The van der Waals surface area contributed by atoms with E-state index in [4.69, 9.17) is 4.74 Å². The van der Waals surface area contributed by atoms with Gasteiger partial charge in [0, 0.05) is 26.7 Å². The quantitative estimate of drug-likeness (QED) is 0.762. The zero-order valence-corrected chi connectivity index (χ0v) is 16.2. The standard InChI is InChI=1S/C20H26N4O4/c1-27-12-10-15(23-20(26)28-2)19(25)24-11-6-9-17(24)18-21-13-16(22-18)14-7-4-3-5-8-14/h3-5,7-8,13,15,17H,6,9-12H2,1-2H3,(H,21,22)(H,23,26)/t15-,17-/m0/s1. The molecule has 2 heterocycles. The van der Waals surface area contributed by atoms with Gasteiger partial charge in [-0.3, -0.25) is 4.79 Å². The molecule has 1 saturated heterocycles. The lowest BCUT2D eigenvalue weighted by atomic mass is 10.1. The number of likely N-dealkylation sites (tertiary alicyclic amines) is 1. The minimum absolute atomic E-state index is 0.144. The summed E-state index contributed by atoms with van der Waals surface area (Å²) < 4.78 is 9.74. The number of imidazole rings is 1. The minimum atomic E-state index is -0.698. The maximum Gasteiger partial charge on any atom is 0.407 e. The number of aromatic amines is 1. The van der Waals surface area contributed by atoms with Crippen molar-refractivity contribution in [1.29, 1.82) is 0 Å². The fourth-order valence-electron chi connectivity index (χ4n) is 3.48.